The molecular formula is C26H22N4O4S. The zero-order valence-electron chi connectivity index (χ0n) is 18.7. The van der Waals surface area contributed by atoms with Crippen LogP contribution in [0.1, 0.15) is 34.5 Å². The first-order valence-electron chi connectivity index (χ1n) is 11.2. The number of carbonyl (C=O) groups excluding carboxylic acids is 3. The van der Waals surface area contributed by atoms with Crippen LogP contribution >= 0.6 is 11.8 Å². The Kier molecular flexibility index (Phi) is 6.58. The van der Waals surface area contributed by atoms with Crippen molar-refractivity contribution in [3.05, 3.63) is 89.9 Å². The van der Waals surface area contributed by atoms with Crippen LogP contribution in [-0.2, 0) is 16.1 Å². The number of nitrogens with one attached hydrogen (secondary N) is 1. The van der Waals surface area contributed by atoms with E-state index in [1.54, 1.807) is 30.5 Å². The summed E-state index contributed by atoms with van der Waals surface area (Å²) in [4.78, 5) is 49.1. The lowest BCUT2D eigenvalue weighted by molar-refractivity contribution is -0.125. The number of hydrogen-bond acceptors (Lipinski definition) is 7. The van der Waals surface area contributed by atoms with Gasteiger partial charge in [-0.2, -0.15) is 0 Å². The Balaban J connectivity index is 1.28. The zero-order valence-corrected chi connectivity index (χ0v) is 19.5. The van der Waals surface area contributed by atoms with Crippen LogP contribution in [0.25, 0.3) is 0 Å². The highest BCUT2D eigenvalue weighted by Crippen LogP contribution is 2.34. The topological polar surface area (TPSA) is 104 Å². The van der Waals surface area contributed by atoms with Crippen LogP contribution in [-0.4, -0.2) is 45.3 Å². The maximum Gasteiger partial charge on any atom is 0.259 e. The van der Waals surface area contributed by atoms with Crippen molar-refractivity contribution in [3.63, 3.8) is 0 Å². The molecule has 35 heavy (non-hydrogen) atoms. The van der Waals surface area contributed by atoms with E-state index in [4.69, 9.17) is 4.42 Å². The number of benzene rings is 2. The Morgan fingerprint density at radius 2 is 1.83 bits per heavy atom. The van der Waals surface area contributed by atoms with Gasteiger partial charge in [-0.15, -0.1) is 0 Å². The number of carbonyl (C=O) groups is 3. The maximum atomic E-state index is 13.3. The second-order valence-electron chi connectivity index (χ2n) is 8.03. The van der Waals surface area contributed by atoms with Gasteiger partial charge in [0.15, 0.2) is 11.0 Å². The molecule has 176 valence electrons. The molecule has 0 saturated heterocycles. The number of thioether (sulfide) groups is 1. The molecule has 0 bridgehead atoms. The van der Waals surface area contributed by atoms with Gasteiger partial charge in [0.05, 0.1) is 24.2 Å². The molecule has 8 nitrogen and oxygen atoms in total. The number of nitrogens with zero attached hydrogens (tertiary/aromatic N) is 3. The quantitative estimate of drug-likeness (QED) is 0.486. The molecule has 9 heteroatoms. The third-order valence-corrected chi connectivity index (χ3v) is 6.60. The highest BCUT2D eigenvalue weighted by atomic mass is 32.2. The number of rotatable bonds is 8. The number of para-hydroxylation sites is 1. The van der Waals surface area contributed by atoms with Gasteiger partial charge >= 0.3 is 0 Å². The van der Waals surface area contributed by atoms with E-state index in [0.717, 1.165) is 5.56 Å². The average molecular weight is 487 g/mol. The van der Waals surface area contributed by atoms with Gasteiger partial charge < -0.3 is 9.73 Å². The molecule has 2 aliphatic rings. The third kappa shape index (κ3) is 4.95. The van der Waals surface area contributed by atoms with Crippen molar-refractivity contribution >= 4 is 46.1 Å². The van der Waals surface area contributed by atoms with Crippen LogP contribution in [0.2, 0.25) is 0 Å². The van der Waals surface area contributed by atoms with E-state index in [1.807, 2.05) is 42.5 Å². The molecule has 0 saturated carbocycles. The summed E-state index contributed by atoms with van der Waals surface area (Å²) >= 11 is 1.21. The predicted octanol–water partition coefficient (Wildman–Crippen LogP) is 3.95. The molecule has 0 spiro atoms. The first-order chi connectivity index (χ1) is 17.1. The molecule has 1 N–H and O–H groups in total. The normalized spacial score (nSPS) is 16.3. The number of ketones is 1. The van der Waals surface area contributed by atoms with E-state index < -0.39 is 6.04 Å². The summed E-state index contributed by atoms with van der Waals surface area (Å²) in [7, 11) is 0. The summed E-state index contributed by atoms with van der Waals surface area (Å²) in [5.41, 5.74) is 2.06. The molecule has 2 amide bonds. The van der Waals surface area contributed by atoms with Gasteiger partial charge in [0.1, 0.15) is 17.6 Å². The van der Waals surface area contributed by atoms with Gasteiger partial charge in [-0.3, -0.25) is 19.4 Å². The molecule has 1 atom stereocenters. The van der Waals surface area contributed by atoms with Crippen molar-refractivity contribution in [1.82, 2.24) is 10.2 Å². The molecule has 1 aromatic heterocycles. The molecule has 0 radical (unpaired) electrons. The van der Waals surface area contributed by atoms with E-state index in [2.05, 4.69) is 15.3 Å². The fourth-order valence-corrected chi connectivity index (χ4v) is 4.77. The largest absolute Gasteiger partial charge is 0.467 e. The van der Waals surface area contributed by atoms with Gasteiger partial charge in [0.2, 0.25) is 5.91 Å². The smallest absolute Gasteiger partial charge is 0.259 e. The first kappa shape index (κ1) is 22.8. The van der Waals surface area contributed by atoms with Crippen LogP contribution in [0.15, 0.2) is 87.4 Å². The first-order valence-corrected chi connectivity index (χ1v) is 12.2. The standard InChI is InChI=1S/C26H22N4O4S/c31-22(17-7-2-1-3-8-17)16-35-26-29-20-11-5-4-10-19(20)24-28-21(25(33)30(24)26)12-13-23(32)27-15-18-9-6-14-34-18/h1-11,14,21H,12-13,15-16H2,(H,27,32)/t21-/m1/s1. The van der Waals surface area contributed by atoms with E-state index >= 15 is 0 Å². The number of Topliss-reactive ketones (excluding diaryl/α,β-unsaturated/α-hetero) is 1. The Morgan fingerprint density at radius 1 is 1.03 bits per heavy atom. The monoisotopic (exact) mass is 486 g/mol. The summed E-state index contributed by atoms with van der Waals surface area (Å²) in [5, 5.41) is 3.21. The van der Waals surface area contributed by atoms with Crippen LogP contribution in [0.4, 0.5) is 5.69 Å². The molecule has 5 rings (SSSR count). The summed E-state index contributed by atoms with van der Waals surface area (Å²) in [6.07, 6.45) is 1.97. The van der Waals surface area contributed by atoms with Crippen molar-refractivity contribution in [2.24, 2.45) is 9.98 Å². The Bertz CT molecular complexity index is 1320. The maximum absolute atomic E-state index is 13.3. The van der Waals surface area contributed by atoms with E-state index in [1.165, 1.54) is 16.7 Å². The number of aliphatic imine (C=N–C) groups is 2. The Labute approximate surface area is 206 Å². The fraction of sp³-hybridized carbons (Fsp3) is 0.192. The molecule has 0 unspecified atom stereocenters. The highest BCUT2D eigenvalue weighted by molar-refractivity contribution is 8.14. The molecular weight excluding hydrogens is 464 g/mol. The van der Waals surface area contributed by atoms with Crippen LogP contribution in [0.3, 0.4) is 0 Å². The van der Waals surface area contributed by atoms with Crippen molar-refractivity contribution in [2.45, 2.75) is 25.4 Å². The molecule has 3 aromatic rings. The number of furan rings is 1. The van der Waals surface area contributed by atoms with Gasteiger partial charge in [0, 0.05) is 17.5 Å². The van der Waals surface area contributed by atoms with Crippen LogP contribution in [0, 0.1) is 0 Å². The molecule has 3 heterocycles. The van der Waals surface area contributed by atoms with Crippen molar-refractivity contribution in [1.29, 1.82) is 0 Å². The molecule has 0 aliphatic carbocycles. The number of amidine groups is 2. The lowest BCUT2D eigenvalue weighted by atomic mass is 10.1. The fourth-order valence-electron chi connectivity index (χ4n) is 3.88. The van der Waals surface area contributed by atoms with E-state index in [0.29, 0.717) is 34.6 Å². The SMILES string of the molecule is O=C(CC[C@H]1N=C2c3ccccc3N=C(SCC(=O)c3ccccc3)N2C1=O)NCc1ccco1. The van der Waals surface area contributed by atoms with Gasteiger partial charge in [-0.1, -0.05) is 54.2 Å². The minimum absolute atomic E-state index is 0.0490. The summed E-state index contributed by atoms with van der Waals surface area (Å²) < 4.78 is 5.22. The minimum Gasteiger partial charge on any atom is -0.467 e. The lowest BCUT2D eigenvalue weighted by Gasteiger charge is -2.25. The van der Waals surface area contributed by atoms with Crippen LogP contribution in [0.5, 0.6) is 0 Å². The van der Waals surface area contributed by atoms with E-state index in [-0.39, 0.29) is 36.2 Å². The summed E-state index contributed by atoms with van der Waals surface area (Å²) in [6, 6.07) is 19.3. The van der Waals surface area contributed by atoms with Crippen molar-refractivity contribution in [2.75, 3.05) is 5.75 Å². The van der Waals surface area contributed by atoms with Crippen molar-refractivity contribution < 1.29 is 18.8 Å². The highest BCUT2D eigenvalue weighted by Gasteiger charge is 2.41. The molecule has 0 fully saturated rings. The molecule has 2 aliphatic heterocycles. The second kappa shape index (κ2) is 10.1. The minimum atomic E-state index is -0.693. The summed E-state index contributed by atoms with van der Waals surface area (Å²) in [6.45, 7) is 0.293. The van der Waals surface area contributed by atoms with Crippen molar-refractivity contribution in [3.8, 4) is 0 Å². The third-order valence-electron chi connectivity index (χ3n) is 5.66. The number of fused-ring (bicyclic) bond motifs is 3. The molecule has 2 aromatic carbocycles. The number of amides is 2. The van der Waals surface area contributed by atoms with Crippen LogP contribution < -0.4 is 5.32 Å². The lowest BCUT2D eigenvalue weighted by Crippen LogP contribution is -2.41. The predicted molar refractivity (Wildman–Crippen MR) is 134 cm³/mol. The Morgan fingerprint density at radius 3 is 2.63 bits per heavy atom. The number of hydrogen-bond donors (Lipinski definition) is 1. The zero-order chi connectivity index (χ0) is 24.2. The van der Waals surface area contributed by atoms with Gasteiger partial charge in [0.25, 0.3) is 5.91 Å². The second-order valence-corrected chi connectivity index (χ2v) is 8.97. The van der Waals surface area contributed by atoms with E-state index in [9.17, 15) is 14.4 Å². The average Bonchev–Trinajstić information content (AvgIpc) is 3.53. The van der Waals surface area contributed by atoms with Gasteiger partial charge in [-0.05, 0) is 30.7 Å². The Hall–Kier alpha value is -3.98. The summed E-state index contributed by atoms with van der Waals surface area (Å²) in [5.74, 6) is 0.834. The van der Waals surface area contributed by atoms with Gasteiger partial charge in [-0.25, -0.2) is 9.89 Å².